The zero-order chi connectivity index (χ0) is 75.8. The lowest BCUT2D eigenvalue weighted by Gasteiger charge is -2.51. The van der Waals surface area contributed by atoms with Crippen LogP contribution in [0.3, 0.4) is 0 Å². The largest absolute Gasteiger partial charge is 0.463 e. The van der Waals surface area contributed by atoms with Gasteiger partial charge in [-0.25, -0.2) is 0 Å². The molecular formula is C71H112O31. The van der Waals surface area contributed by atoms with E-state index in [1.807, 2.05) is 0 Å². The number of ketones is 1. The van der Waals surface area contributed by atoms with E-state index in [1.165, 1.54) is 13.8 Å². The van der Waals surface area contributed by atoms with E-state index < -0.39 is 208 Å². The summed E-state index contributed by atoms with van der Waals surface area (Å²) in [6, 6.07) is 0. The number of Topliss-reactive ketones (excluding diaryl/α,β-unsaturated/α-hetero) is 1. The van der Waals surface area contributed by atoms with E-state index >= 15 is 0 Å². The Labute approximate surface area is 597 Å². The van der Waals surface area contributed by atoms with E-state index in [0.717, 1.165) is 113 Å². The molecule has 0 N–H and O–H groups in total. The molecule has 0 unspecified atom stereocenters. The smallest absolute Gasteiger partial charge is 0.306 e. The van der Waals surface area contributed by atoms with Crippen LogP contribution in [0.15, 0.2) is 0 Å². The van der Waals surface area contributed by atoms with Gasteiger partial charge in [-0.05, 0) is 59.3 Å². The number of hydrogen-bond donors (Lipinski definition) is 0. The molecule has 0 radical (unpaired) electrons. The highest BCUT2D eigenvalue weighted by Gasteiger charge is 2.61. The third-order valence-electron chi connectivity index (χ3n) is 16.9. The molecule has 4 aliphatic heterocycles. The Morgan fingerprint density at radius 2 is 0.637 bits per heavy atom. The van der Waals surface area contributed by atoms with Crippen molar-refractivity contribution in [3.8, 4) is 0 Å². The summed E-state index contributed by atoms with van der Waals surface area (Å²) in [6.45, 7) is 18.7. The lowest BCUT2D eigenvalue weighted by Crippen LogP contribution is -2.69. The van der Waals surface area contributed by atoms with Crippen LogP contribution in [0.1, 0.15) is 239 Å². The minimum absolute atomic E-state index is 0.0860. The van der Waals surface area contributed by atoms with Gasteiger partial charge >= 0.3 is 65.7 Å². The van der Waals surface area contributed by atoms with E-state index in [4.69, 9.17) is 90.0 Å². The van der Waals surface area contributed by atoms with Gasteiger partial charge in [-0.2, -0.15) is 0 Å². The number of ether oxygens (including phenoxy) is 19. The van der Waals surface area contributed by atoms with Crippen LogP contribution in [0.2, 0.25) is 0 Å². The Kier molecular flexibility index (Phi) is 39.4. The molecule has 31 heteroatoms. The summed E-state index contributed by atoms with van der Waals surface area (Å²) < 4.78 is 119. The summed E-state index contributed by atoms with van der Waals surface area (Å²) >= 11 is 0. The zero-order valence-electron chi connectivity index (χ0n) is 62.0. The highest BCUT2D eigenvalue weighted by molar-refractivity contribution is 5.75. The van der Waals surface area contributed by atoms with E-state index in [1.54, 1.807) is 27.7 Å². The molecule has 31 nitrogen and oxygen atoms in total. The Morgan fingerprint density at radius 1 is 0.304 bits per heavy atom. The molecule has 0 aromatic rings. The Hall–Kier alpha value is -6.48. The fourth-order valence-corrected chi connectivity index (χ4v) is 12.5. The normalized spacial score (nSPS) is 29.5. The van der Waals surface area contributed by atoms with Gasteiger partial charge in [0.1, 0.15) is 24.6 Å². The van der Waals surface area contributed by atoms with Crippen molar-refractivity contribution >= 4 is 71.4 Å². The van der Waals surface area contributed by atoms with Crippen LogP contribution in [0.5, 0.6) is 0 Å². The minimum atomic E-state index is -2.17. The van der Waals surface area contributed by atoms with Crippen LogP contribution in [-0.2, 0) is 148 Å². The fourth-order valence-electron chi connectivity index (χ4n) is 12.5. The lowest BCUT2D eigenvalue weighted by atomic mass is 9.95. The molecule has 0 amide bonds. The van der Waals surface area contributed by atoms with Crippen LogP contribution in [0, 0.1) is 0 Å². The molecule has 4 fully saturated rings. The maximum absolute atomic E-state index is 14.5. The van der Waals surface area contributed by atoms with Crippen molar-refractivity contribution in [2.45, 2.75) is 368 Å². The van der Waals surface area contributed by atoms with Crippen molar-refractivity contribution in [2.24, 2.45) is 0 Å². The first-order valence-electron chi connectivity index (χ1n) is 36.0. The van der Waals surface area contributed by atoms with Gasteiger partial charge in [-0.1, -0.05) is 98.3 Å². The van der Waals surface area contributed by atoms with E-state index in [9.17, 15) is 57.5 Å². The van der Waals surface area contributed by atoms with Gasteiger partial charge < -0.3 is 94.8 Å². The third-order valence-corrected chi connectivity index (χ3v) is 16.9. The number of carbonyl (C=O) groups is 12. The fraction of sp³-hybridized carbons (Fsp3) is 0.831. The molecule has 0 aliphatic carbocycles. The highest BCUT2D eigenvalue weighted by Crippen LogP contribution is 2.40. The van der Waals surface area contributed by atoms with Gasteiger partial charge in [0.2, 0.25) is 0 Å². The summed E-state index contributed by atoms with van der Waals surface area (Å²) in [5.74, 6) is -9.71. The topological polar surface area (TPSA) is 380 Å². The molecule has 21 atom stereocenters. The van der Waals surface area contributed by atoms with Gasteiger partial charge in [-0.3, -0.25) is 52.7 Å². The van der Waals surface area contributed by atoms with Gasteiger partial charge in [0, 0.05) is 81.1 Å². The Balaban J connectivity index is 2.15. The minimum Gasteiger partial charge on any atom is -0.463 e. The third kappa shape index (κ3) is 29.9. The van der Waals surface area contributed by atoms with E-state index in [2.05, 4.69) is 6.92 Å². The number of rotatable bonds is 43. The summed E-state index contributed by atoms with van der Waals surface area (Å²) in [4.78, 5) is 159. The maximum atomic E-state index is 14.5. The molecular weight excluding hydrogens is 1350 g/mol. The summed E-state index contributed by atoms with van der Waals surface area (Å²) in [5.41, 5.74) is 0. The number of carbonyl (C=O) groups excluding carboxylic acids is 12. The van der Waals surface area contributed by atoms with Gasteiger partial charge in [-0.15, -0.1) is 0 Å². The van der Waals surface area contributed by atoms with Crippen molar-refractivity contribution in [1.82, 2.24) is 0 Å². The molecule has 4 aliphatic rings. The van der Waals surface area contributed by atoms with Crippen molar-refractivity contribution in [3.63, 3.8) is 0 Å². The zero-order valence-corrected chi connectivity index (χ0v) is 62.0. The number of esters is 11. The predicted octanol–water partition coefficient (Wildman–Crippen LogP) is 7.78. The van der Waals surface area contributed by atoms with Crippen LogP contribution in [-0.4, -0.2) is 214 Å². The van der Waals surface area contributed by atoms with Crippen LogP contribution in [0.25, 0.3) is 0 Å². The highest BCUT2D eigenvalue weighted by atomic mass is 16.8. The molecule has 4 saturated heterocycles. The molecule has 102 heavy (non-hydrogen) atoms. The van der Waals surface area contributed by atoms with Crippen molar-refractivity contribution in [3.05, 3.63) is 0 Å². The monoisotopic (exact) mass is 1460 g/mol. The quantitative estimate of drug-likeness (QED) is 0.0319. The first-order valence-corrected chi connectivity index (χ1v) is 36.0. The van der Waals surface area contributed by atoms with Gasteiger partial charge in [0.05, 0.1) is 24.9 Å². The number of unbranched alkanes of at least 4 members (excludes halogenated alkanes) is 10. The first-order chi connectivity index (χ1) is 48.4. The van der Waals surface area contributed by atoms with Crippen molar-refractivity contribution < 1.29 is 148 Å². The molecule has 582 valence electrons. The molecule has 4 heterocycles. The van der Waals surface area contributed by atoms with E-state index in [-0.39, 0.29) is 44.3 Å². The molecule has 0 aromatic carbocycles. The second-order valence-electron chi connectivity index (χ2n) is 26.2. The summed E-state index contributed by atoms with van der Waals surface area (Å²) in [7, 11) is 0. The average Bonchev–Trinajstić information content (AvgIpc) is 0.762. The average molecular weight is 1460 g/mol. The van der Waals surface area contributed by atoms with E-state index in [0.29, 0.717) is 38.5 Å². The van der Waals surface area contributed by atoms with Crippen LogP contribution >= 0.6 is 0 Å². The Bertz CT molecular complexity index is 2690. The van der Waals surface area contributed by atoms with Gasteiger partial charge in [0.25, 0.3) is 0 Å². The van der Waals surface area contributed by atoms with Crippen LogP contribution < -0.4 is 0 Å². The first kappa shape index (κ1) is 87.9. The SMILES string of the molecule is CCCCCCCCC[C@H](CCCCCCCC(C)=O)O[C@@H]1O[C@H](COC(C)=O)[C@@H](OC(C)=O)[C@H](OC(C)=O)[C@H]1O[C@@H]1O[C@H](CO[C@@H]2O[C@H](C)[C@H](OC(C)=O)[C@H](OC(C)=O)[C@@H]2OC(C)=O)[C@@H](OC(=O)CCC)[C@H](OC(=O)CCC)[C@H]1O[C@@H]1O[C@@H](C)[C@H](OC(C)=O)[C@@H](OC(=O)CCC)[C@@H]1OC(C)=O. The molecule has 4 rings (SSSR count). The van der Waals surface area contributed by atoms with Crippen molar-refractivity contribution in [1.29, 1.82) is 0 Å². The predicted molar refractivity (Wildman–Crippen MR) is 352 cm³/mol. The summed E-state index contributed by atoms with van der Waals surface area (Å²) in [5, 5.41) is 0. The second kappa shape index (κ2) is 45.7. The maximum Gasteiger partial charge on any atom is 0.306 e. The van der Waals surface area contributed by atoms with Crippen LogP contribution in [0.4, 0.5) is 0 Å². The van der Waals surface area contributed by atoms with Gasteiger partial charge in [0.15, 0.2) is 98.4 Å². The molecule has 0 aromatic heterocycles. The second-order valence-corrected chi connectivity index (χ2v) is 26.2. The molecule has 0 saturated carbocycles. The number of hydrogen-bond acceptors (Lipinski definition) is 31. The summed E-state index contributed by atoms with van der Waals surface area (Å²) in [6.07, 6.45) is -23.5. The standard InChI is InChI=1S/C71H112O31/c1-16-20-21-22-23-26-29-35-50(36-30-27-24-25-28-34-39(5)72)95-70-66(62(92-47(13)78)58(90-45(11)76)51(96-70)37-84-42(8)73)102-71-67(101-69-65(94-49(15)80)61(99-54(82)32-18-3)57(41(7)87-69)89-44(10)75)63(100-55(83)33-19-4)59(98-53(81)31-17-2)52(97-71)38-85-68-64(93-48(14)79)60(91-46(12)77)56(40(6)86-68)88-43(9)74/h40-41,50-52,56-71H,16-38H2,1-15H3/t40-,41+,50-,51-,52-,56+,57+,58-,59-,60+,61-,62+,63+,64+,65+,66-,67-,68-,69+,70-,71+/m1/s1. The molecule has 0 spiro atoms. The van der Waals surface area contributed by atoms with Crippen molar-refractivity contribution in [2.75, 3.05) is 13.2 Å². The molecule has 0 bridgehead atoms. The Morgan fingerprint density at radius 3 is 1.09 bits per heavy atom. The lowest BCUT2D eigenvalue weighted by molar-refractivity contribution is -0.397.